The number of esters is 1. The number of pyridine rings is 1. The number of ketones is 1. The van der Waals surface area contributed by atoms with Gasteiger partial charge in [-0.05, 0) is 39.8 Å². The van der Waals surface area contributed by atoms with E-state index in [1.54, 1.807) is 12.1 Å². The van der Waals surface area contributed by atoms with Crippen LogP contribution in [0.25, 0.3) is 0 Å². The maximum absolute atomic E-state index is 12.3. The van der Waals surface area contributed by atoms with Crippen LogP contribution in [0.1, 0.15) is 41.6 Å². The summed E-state index contributed by atoms with van der Waals surface area (Å²) in [6.07, 6.45) is 1.50. The van der Waals surface area contributed by atoms with Gasteiger partial charge in [0.15, 0.2) is 6.61 Å². The normalized spacial score (nSPS) is 10.9. The van der Waals surface area contributed by atoms with E-state index in [4.69, 9.17) is 4.74 Å². The van der Waals surface area contributed by atoms with Crippen molar-refractivity contribution in [2.45, 2.75) is 40.3 Å². The molecule has 2 heterocycles. The van der Waals surface area contributed by atoms with Gasteiger partial charge in [-0.2, -0.15) is 0 Å². The van der Waals surface area contributed by atoms with Gasteiger partial charge < -0.3 is 13.9 Å². The Labute approximate surface area is 140 Å². The summed E-state index contributed by atoms with van der Waals surface area (Å²) in [6, 6.07) is 6.67. The first-order chi connectivity index (χ1) is 11.3. The summed E-state index contributed by atoms with van der Waals surface area (Å²) in [5.74, 6) is -0.863. The monoisotopic (exact) mass is 330 g/mol. The molecule has 0 saturated carbocycles. The summed E-state index contributed by atoms with van der Waals surface area (Å²) in [5.41, 5.74) is 2.13. The number of carbonyl (C=O) groups is 2. The molecule has 128 valence electrons. The van der Waals surface area contributed by atoms with Gasteiger partial charge in [-0.25, -0.2) is 0 Å². The lowest BCUT2D eigenvalue weighted by atomic mass is 10.1. The van der Waals surface area contributed by atoms with Crippen LogP contribution in [0.4, 0.5) is 0 Å². The zero-order valence-corrected chi connectivity index (χ0v) is 14.4. The summed E-state index contributed by atoms with van der Waals surface area (Å²) in [7, 11) is 0. The standard InChI is InChI=1S/C18H22N2O4/c1-12(2)20-13(3)9-15(14(20)4)16(21)11-24-18(23)10-19-8-6-5-7-17(19)22/h5-9,12H,10-11H2,1-4H3. The van der Waals surface area contributed by atoms with E-state index >= 15 is 0 Å². The molecule has 0 radical (unpaired) electrons. The third kappa shape index (κ3) is 3.82. The van der Waals surface area contributed by atoms with Crippen LogP contribution in [0, 0.1) is 13.8 Å². The molecule has 2 aromatic rings. The lowest BCUT2D eigenvalue weighted by molar-refractivity contribution is -0.143. The Balaban J connectivity index is 2.01. The fourth-order valence-electron chi connectivity index (χ4n) is 2.85. The van der Waals surface area contributed by atoms with Crippen LogP contribution in [0.3, 0.4) is 0 Å². The second-order valence-electron chi connectivity index (χ2n) is 6.00. The molecule has 0 saturated heterocycles. The highest BCUT2D eigenvalue weighted by Gasteiger charge is 2.18. The van der Waals surface area contributed by atoms with Crippen LogP contribution in [0.2, 0.25) is 0 Å². The van der Waals surface area contributed by atoms with Crippen LogP contribution in [0.5, 0.6) is 0 Å². The summed E-state index contributed by atoms with van der Waals surface area (Å²) < 4.78 is 8.33. The van der Waals surface area contributed by atoms with Crippen molar-refractivity contribution in [2.75, 3.05) is 6.61 Å². The average molecular weight is 330 g/mol. The van der Waals surface area contributed by atoms with Crippen molar-refractivity contribution in [3.05, 3.63) is 57.8 Å². The molecule has 0 aliphatic rings. The minimum Gasteiger partial charge on any atom is -0.456 e. The third-order valence-corrected chi connectivity index (χ3v) is 3.86. The van der Waals surface area contributed by atoms with Crippen molar-refractivity contribution < 1.29 is 14.3 Å². The smallest absolute Gasteiger partial charge is 0.326 e. The van der Waals surface area contributed by atoms with E-state index in [2.05, 4.69) is 4.57 Å². The van der Waals surface area contributed by atoms with Crippen LogP contribution in [-0.4, -0.2) is 27.5 Å². The molecule has 0 amide bonds. The van der Waals surface area contributed by atoms with E-state index in [1.165, 1.54) is 16.8 Å². The van der Waals surface area contributed by atoms with Gasteiger partial charge in [0.1, 0.15) is 6.54 Å². The summed E-state index contributed by atoms with van der Waals surface area (Å²) in [4.78, 5) is 35.7. The first-order valence-corrected chi connectivity index (χ1v) is 7.84. The Morgan fingerprint density at radius 1 is 1.21 bits per heavy atom. The van der Waals surface area contributed by atoms with E-state index in [9.17, 15) is 14.4 Å². The number of Topliss-reactive ketones (excluding diaryl/α,β-unsaturated/α-hetero) is 1. The Hall–Kier alpha value is -2.63. The number of hydrogen-bond acceptors (Lipinski definition) is 4. The van der Waals surface area contributed by atoms with Gasteiger partial charge in [-0.1, -0.05) is 6.07 Å². The highest BCUT2D eigenvalue weighted by molar-refractivity contribution is 5.99. The first-order valence-electron chi connectivity index (χ1n) is 7.84. The van der Waals surface area contributed by atoms with E-state index < -0.39 is 5.97 Å². The molecule has 2 rings (SSSR count). The number of carbonyl (C=O) groups excluding carboxylic acids is 2. The summed E-state index contributed by atoms with van der Waals surface area (Å²) in [6.45, 7) is 7.38. The molecule has 0 fully saturated rings. The average Bonchev–Trinajstić information content (AvgIpc) is 2.82. The molecule has 0 unspecified atom stereocenters. The molecular formula is C18H22N2O4. The zero-order valence-electron chi connectivity index (χ0n) is 14.4. The fraction of sp³-hybridized carbons (Fsp3) is 0.389. The highest BCUT2D eigenvalue weighted by atomic mass is 16.5. The van der Waals surface area contributed by atoms with Gasteiger partial charge in [0.2, 0.25) is 5.78 Å². The van der Waals surface area contributed by atoms with Crippen molar-refractivity contribution in [2.24, 2.45) is 0 Å². The van der Waals surface area contributed by atoms with E-state index in [1.807, 2.05) is 33.8 Å². The largest absolute Gasteiger partial charge is 0.456 e. The molecule has 0 atom stereocenters. The molecule has 6 heteroatoms. The Morgan fingerprint density at radius 3 is 2.50 bits per heavy atom. The lowest BCUT2D eigenvalue weighted by Gasteiger charge is -2.13. The fourth-order valence-corrected chi connectivity index (χ4v) is 2.85. The topological polar surface area (TPSA) is 70.3 Å². The predicted molar refractivity (Wildman–Crippen MR) is 90.3 cm³/mol. The predicted octanol–water partition coefficient (Wildman–Crippen LogP) is 2.27. The molecule has 2 aromatic heterocycles. The van der Waals surface area contributed by atoms with Crippen molar-refractivity contribution in [1.82, 2.24) is 9.13 Å². The van der Waals surface area contributed by atoms with Crippen LogP contribution >= 0.6 is 0 Å². The third-order valence-electron chi connectivity index (χ3n) is 3.86. The van der Waals surface area contributed by atoms with Crippen molar-refractivity contribution in [3.8, 4) is 0 Å². The van der Waals surface area contributed by atoms with Gasteiger partial charge in [-0.3, -0.25) is 14.4 Å². The Morgan fingerprint density at radius 2 is 1.92 bits per heavy atom. The highest BCUT2D eigenvalue weighted by Crippen LogP contribution is 2.20. The van der Waals surface area contributed by atoms with Crippen molar-refractivity contribution in [1.29, 1.82) is 0 Å². The Bertz CT molecular complexity index is 815. The van der Waals surface area contributed by atoms with E-state index in [0.29, 0.717) is 5.56 Å². The van der Waals surface area contributed by atoms with Crippen molar-refractivity contribution >= 4 is 11.8 Å². The number of rotatable bonds is 6. The minimum absolute atomic E-state index is 0.210. The molecule has 0 aromatic carbocycles. The molecule has 0 N–H and O–H groups in total. The molecule has 24 heavy (non-hydrogen) atoms. The lowest BCUT2D eigenvalue weighted by Crippen LogP contribution is -2.25. The van der Waals surface area contributed by atoms with Crippen LogP contribution < -0.4 is 5.56 Å². The second-order valence-corrected chi connectivity index (χ2v) is 6.00. The van der Waals surface area contributed by atoms with Gasteiger partial charge in [0.25, 0.3) is 5.56 Å². The number of ether oxygens (including phenoxy) is 1. The maximum Gasteiger partial charge on any atom is 0.326 e. The quantitative estimate of drug-likeness (QED) is 0.602. The van der Waals surface area contributed by atoms with Crippen LogP contribution in [-0.2, 0) is 16.1 Å². The Kier molecular flexibility index (Phi) is 5.39. The SMILES string of the molecule is Cc1cc(C(=O)COC(=O)Cn2ccccc2=O)c(C)n1C(C)C. The van der Waals surface area contributed by atoms with Crippen LogP contribution in [0.15, 0.2) is 35.3 Å². The molecule has 0 bridgehead atoms. The minimum atomic E-state index is -0.616. The number of aryl methyl sites for hydroxylation is 1. The second kappa shape index (κ2) is 7.29. The van der Waals surface area contributed by atoms with E-state index in [-0.39, 0.29) is 30.5 Å². The number of hydrogen-bond donors (Lipinski definition) is 0. The van der Waals surface area contributed by atoms with E-state index in [0.717, 1.165) is 11.4 Å². The summed E-state index contributed by atoms with van der Waals surface area (Å²) in [5, 5.41) is 0. The molecule has 0 spiro atoms. The molecule has 0 aliphatic carbocycles. The van der Waals surface area contributed by atoms with Gasteiger partial charge in [0.05, 0.1) is 0 Å². The maximum atomic E-state index is 12.3. The number of aromatic nitrogens is 2. The van der Waals surface area contributed by atoms with Gasteiger partial charge in [0, 0.05) is 35.3 Å². The van der Waals surface area contributed by atoms with Gasteiger partial charge >= 0.3 is 5.97 Å². The number of nitrogens with zero attached hydrogens (tertiary/aromatic N) is 2. The molecule has 0 aliphatic heterocycles. The summed E-state index contributed by atoms with van der Waals surface area (Å²) >= 11 is 0. The zero-order chi connectivity index (χ0) is 17.9. The first kappa shape index (κ1) is 17.7. The van der Waals surface area contributed by atoms with Crippen molar-refractivity contribution in [3.63, 3.8) is 0 Å². The molecule has 6 nitrogen and oxygen atoms in total. The molecular weight excluding hydrogens is 308 g/mol. The van der Waals surface area contributed by atoms with Gasteiger partial charge in [-0.15, -0.1) is 0 Å².